The summed E-state index contributed by atoms with van der Waals surface area (Å²) in [5.74, 6) is -1.45. The molecule has 1 atom stereocenters. The predicted molar refractivity (Wildman–Crippen MR) is 59.1 cm³/mol. The fourth-order valence-corrected chi connectivity index (χ4v) is 1.50. The Morgan fingerprint density at radius 1 is 1.31 bits per heavy atom. The summed E-state index contributed by atoms with van der Waals surface area (Å²) < 4.78 is 26.9. The molecule has 0 spiro atoms. The van der Waals surface area contributed by atoms with Gasteiger partial charge in [0, 0.05) is 12.6 Å². The molecule has 0 fully saturated rings. The van der Waals surface area contributed by atoms with Crippen molar-refractivity contribution >= 4 is 0 Å². The van der Waals surface area contributed by atoms with Crippen molar-refractivity contribution in [3.8, 4) is 0 Å². The molecule has 0 bridgehead atoms. The average Bonchev–Trinajstić information content (AvgIpc) is 2.14. The van der Waals surface area contributed by atoms with Gasteiger partial charge < -0.3 is 10.4 Å². The molecule has 0 radical (unpaired) electrons. The Kier molecular flexibility index (Phi) is 3.99. The van der Waals surface area contributed by atoms with E-state index in [1.807, 2.05) is 13.8 Å². The molecule has 4 heteroatoms. The van der Waals surface area contributed by atoms with Gasteiger partial charge in [-0.3, -0.25) is 0 Å². The Hall–Kier alpha value is -1.00. The molecule has 1 unspecified atom stereocenters. The van der Waals surface area contributed by atoms with E-state index in [1.165, 1.54) is 13.0 Å². The van der Waals surface area contributed by atoms with Crippen molar-refractivity contribution in [2.45, 2.75) is 32.4 Å². The Morgan fingerprint density at radius 2 is 1.81 bits per heavy atom. The third kappa shape index (κ3) is 3.00. The van der Waals surface area contributed by atoms with Crippen LogP contribution in [0.15, 0.2) is 18.2 Å². The molecule has 2 nitrogen and oxygen atoms in total. The van der Waals surface area contributed by atoms with Crippen molar-refractivity contribution in [3.05, 3.63) is 35.4 Å². The summed E-state index contributed by atoms with van der Waals surface area (Å²) >= 11 is 0. The first-order chi connectivity index (χ1) is 7.34. The van der Waals surface area contributed by atoms with Gasteiger partial charge in [-0.15, -0.1) is 0 Å². The van der Waals surface area contributed by atoms with E-state index in [9.17, 15) is 13.9 Å². The molecule has 0 amide bonds. The van der Waals surface area contributed by atoms with Gasteiger partial charge in [-0.05, 0) is 19.1 Å². The number of hydrogen-bond donors (Lipinski definition) is 2. The monoisotopic (exact) mass is 229 g/mol. The van der Waals surface area contributed by atoms with E-state index in [2.05, 4.69) is 5.32 Å². The van der Waals surface area contributed by atoms with E-state index in [0.717, 1.165) is 12.1 Å². The maximum absolute atomic E-state index is 13.4. The minimum Gasteiger partial charge on any atom is -0.384 e. The minimum absolute atomic E-state index is 0.0997. The third-order valence-corrected chi connectivity index (χ3v) is 2.36. The first-order valence-corrected chi connectivity index (χ1v) is 5.25. The Bertz CT molecular complexity index is 344. The van der Waals surface area contributed by atoms with Gasteiger partial charge >= 0.3 is 0 Å². The van der Waals surface area contributed by atoms with Crippen molar-refractivity contribution in [2.75, 3.05) is 6.54 Å². The zero-order valence-corrected chi connectivity index (χ0v) is 9.72. The summed E-state index contributed by atoms with van der Waals surface area (Å²) in [5, 5.41) is 13.0. The van der Waals surface area contributed by atoms with Gasteiger partial charge in [0.25, 0.3) is 0 Å². The Labute approximate surface area is 94.3 Å². The van der Waals surface area contributed by atoms with Crippen molar-refractivity contribution in [1.82, 2.24) is 5.32 Å². The highest BCUT2D eigenvalue weighted by molar-refractivity contribution is 5.26. The van der Waals surface area contributed by atoms with E-state index in [1.54, 1.807) is 0 Å². The first-order valence-electron chi connectivity index (χ1n) is 5.25. The number of benzene rings is 1. The number of hydrogen-bond acceptors (Lipinski definition) is 2. The Balaban J connectivity index is 2.97. The molecule has 0 saturated carbocycles. The highest BCUT2D eigenvalue weighted by Crippen LogP contribution is 2.25. The molecule has 0 aliphatic heterocycles. The zero-order chi connectivity index (χ0) is 12.3. The van der Waals surface area contributed by atoms with Crippen LogP contribution in [0.2, 0.25) is 0 Å². The quantitative estimate of drug-likeness (QED) is 0.829. The molecule has 0 aliphatic rings. The molecule has 1 rings (SSSR count). The number of aliphatic hydroxyl groups is 1. The molecular formula is C12H17F2NO. The zero-order valence-electron chi connectivity index (χ0n) is 9.72. The van der Waals surface area contributed by atoms with Crippen LogP contribution in [0.25, 0.3) is 0 Å². The van der Waals surface area contributed by atoms with Gasteiger partial charge in [0.2, 0.25) is 0 Å². The van der Waals surface area contributed by atoms with E-state index in [4.69, 9.17) is 0 Å². The minimum atomic E-state index is -1.56. The molecular weight excluding hydrogens is 212 g/mol. The maximum atomic E-state index is 13.4. The van der Waals surface area contributed by atoms with Crippen molar-refractivity contribution in [3.63, 3.8) is 0 Å². The van der Waals surface area contributed by atoms with Crippen LogP contribution in [0.5, 0.6) is 0 Å². The van der Waals surface area contributed by atoms with Crippen LogP contribution >= 0.6 is 0 Å². The van der Waals surface area contributed by atoms with Crippen molar-refractivity contribution in [2.24, 2.45) is 0 Å². The second-order valence-corrected chi connectivity index (χ2v) is 4.41. The van der Waals surface area contributed by atoms with E-state index in [0.29, 0.717) is 0 Å². The van der Waals surface area contributed by atoms with Crippen LogP contribution in [0.3, 0.4) is 0 Å². The maximum Gasteiger partial charge on any atom is 0.132 e. The predicted octanol–water partition coefficient (Wildman–Crippen LogP) is 2.17. The molecule has 90 valence electrons. The van der Waals surface area contributed by atoms with E-state index < -0.39 is 17.2 Å². The van der Waals surface area contributed by atoms with Gasteiger partial charge in [0.15, 0.2) is 0 Å². The lowest BCUT2D eigenvalue weighted by atomic mass is 9.94. The standard InChI is InChI=1S/C12H17F2NO/c1-8(2)15-7-12(3,16)11-9(13)5-4-6-10(11)14/h4-6,8,15-16H,7H2,1-3H3. The molecule has 0 saturated heterocycles. The molecule has 0 aliphatic carbocycles. The van der Waals surface area contributed by atoms with Gasteiger partial charge in [-0.25, -0.2) is 8.78 Å². The van der Waals surface area contributed by atoms with Crippen LogP contribution in [0, 0.1) is 11.6 Å². The molecule has 0 aromatic heterocycles. The highest BCUT2D eigenvalue weighted by atomic mass is 19.1. The van der Waals surface area contributed by atoms with Crippen molar-refractivity contribution < 1.29 is 13.9 Å². The van der Waals surface area contributed by atoms with Gasteiger partial charge in [-0.1, -0.05) is 19.9 Å². The molecule has 16 heavy (non-hydrogen) atoms. The fraction of sp³-hybridized carbons (Fsp3) is 0.500. The average molecular weight is 229 g/mol. The lowest BCUT2D eigenvalue weighted by molar-refractivity contribution is 0.0473. The number of halogens is 2. The highest BCUT2D eigenvalue weighted by Gasteiger charge is 2.29. The second-order valence-electron chi connectivity index (χ2n) is 4.41. The van der Waals surface area contributed by atoms with Gasteiger partial charge in [0.1, 0.15) is 17.2 Å². The summed E-state index contributed by atoms with van der Waals surface area (Å²) in [5.41, 5.74) is -1.84. The SMILES string of the molecule is CC(C)NCC(C)(O)c1c(F)cccc1F. The van der Waals surface area contributed by atoms with Gasteiger partial charge in [-0.2, -0.15) is 0 Å². The van der Waals surface area contributed by atoms with Crippen LogP contribution in [0.1, 0.15) is 26.3 Å². The molecule has 0 heterocycles. The van der Waals surface area contributed by atoms with Crippen LogP contribution < -0.4 is 5.32 Å². The van der Waals surface area contributed by atoms with Crippen LogP contribution in [-0.2, 0) is 5.60 Å². The largest absolute Gasteiger partial charge is 0.384 e. The number of rotatable bonds is 4. The smallest absolute Gasteiger partial charge is 0.132 e. The number of nitrogens with one attached hydrogen (secondary N) is 1. The summed E-state index contributed by atoms with van der Waals surface area (Å²) in [6, 6.07) is 3.70. The van der Waals surface area contributed by atoms with E-state index in [-0.39, 0.29) is 18.2 Å². The lowest BCUT2D eigenvalue weighted by Crippen LogP contribution is -2.39. The van der Waals surface area contributed by atoms with E-state index >= 15 is 0 Å². The Morgan fingerprint density at radius 3 is 2.25 bits per heavy atom. The first kappa shape index (κ1) is 13.1. The summed E-state index contributed by atoms with van der Waals surface area (Å²) in [6.45, 7) is 5.29. The second kappa shape index (κ2) is 4.89. The van der Waals surface area contributed by atoms with Crippen LogP contribution in [-0.4, -0.2) is 17.7 Å². The fourth-order valence-electron chi connectivity index (χ4n) is 1.50. The molecule has 1 aromatic rings. The normalized spacial score (nSPS) is 15.2. The van der Waals surface area contributed by atoms with Gasteiger partial charge in [0.05, 0.1) is 5.56 Å². The molecule has 1 aromatic carbocycles. The summed E-state index contributed by atoms with van der Waals surface area (Å²) in [4.78, 5) is 0. The van der Waals surface area contributed by atoms with Crippen LogP contribution in [0.4, 0.5) is 8.78 Å². The third-order valence-electron chi connectivity index (χ3n) is 2.36. The molecule has 2 N–H and O–H groups in total. The topological polar surface area (TPSA) is 32.3 Å². The lowest BCUT2D eigenvalue weighted by Gasteiger charge is -2.26. The summed E-state index contributed by atoms with van der Waals surface area (Å²) in [7, 11) is 0. The summed E-state index contributed by atoms with van der Waals surface area (Å²) in [6.07, 6.45) is 0. The van der Waals surface area contributed by atoms with Crippen molar-refractivity contribution in [1.29, 1.82) is 0 Å².